The Hall–Kier alpha value is -2.21. The molecule has 1 aromatic heterocycles. The van der Waals surface area contributed by atoms with Crippen molar-refractivity contribution in [1.29, 1.82) is 0 Å². The number of carboxylic acid groups (broad SMARTS) is 1. The lowest BCUT2D eigenvalue weighted by Crippen LogP contribution is -2.13. The van der Waals surface area contributed by atoms with Crippen LogP contribution in [0.5, 0.6) is 0 Å². The predicted octanol–water partition coefficient (Wildman–Crippen LogP) is 3.10. The van der Waals surface area contributed by atoms with Gasteiger partial charge in [0.2, 0.25) is 0 Å². The quantitative estimate of drug-likeness (QED) is 0.845. The number of carboxylic acids is 1. The summed E-state index contributed by atoms with van der Waals surface area (Å²) in [5.74, 6) is -1.37. The molecule has 2 rings (SSSR count). The van der Waals surface area contributed by atoms with E-state index in [-0.39, 0.29) is 11.5 Å². The molecule has 0 aliphatic heterocycles. The van der Waals surface area contributed by atoms with Gasteiger partial charge in [-0.05, 0) is 52.7 Å². The molecule has 0 spiro atoms. The van der Waals surface area contributed by atoms with Crippen LogP contribution >= 0.6 is 15.9 Å². The van der Waals surface area contributed by atoms with E-state index in [0.717, 1.165) is 0 Å². The van der Waals surface area contributed by atoms with Gasteiger partial charge in [0.25, 0.3) is 5.91 Å². The number of benzene rings is 1. The first kappa shape index (κ1) is 14.2. The minimum absolute atomic E-state index is 0.164. The Labute approximate surface area is 123 Å². The second-order valence-electron chi connectivity index (χ2n) is 4.16. The van der Waals surface area contributed by atoms with Gasteiger partial charge in [-0.2, -0.15) is 0 Å². The molecule has 1 aromatic carbocycles. The average Bonchev–Trinajstić information content (AvgIpc) is 2.41. The second-order valence-corrected chi connectivity index (χ2v) is 4.97. The number of aromatic nitrogens is 1. The summed E-state index contributed by atoms with van der Waals surface area (Å²) in [6.45, 7) is 1.70. The molecule has 0 fully saturated rings. The number of carbonyl (C=O) groups is 2. The normalized spacial score (nSPS) is 10.1. The number of rotatable bonds is 3. The lowest BCUT2D eigenvalue weighted by atomic mass is 10.1. The molecule has 0 radical (unpaired) electrons. The molecule has 5 nitrogen and oxygen atoms in total. The van der Waals surface area contributed by atoms with Crippen molar-refractivity contribution in [3.05, 3.63) is 57.8 Å². The third kappa shape index (κ3) is 3.21. The van der Waals surface area contributed by atoms with E-state index in [1.165, 1.54) is 12.3 Å². The number of anilines is 1. The van der Waals surface area contributed by atoms with Gasteiger partial charge in [0, 0.05) is 11.9 Å². The maximum atomic E-state index is 12.0. The van der Waals surface area contributed by atoms with Gasteiger partial charge in [0.1, 0.15) is 4.60 Å². The third-order valence-corrected chi connectivity index (χ3v) is 3.18. The number of nitrogens with zero attached hydrogens (tertiary/aromatic N) is 1. The first-order valence-corrected chi connectivity index (χ1v) is 6.53. The van der Waals surface area contributed by atoms with Crippen LogP contribution in [0.3, 0.4) is 0 Å². The third-order valence-electron chi connectivity index (χ3n) is 2.72. The Morgan fingerprint density at radius 3 is 2.60 bits per heavy atom. The number of halogens is 1. The van der Waals surface area contributed by atoms with Crippen LogP contribution in [0.1, 0.15) is 26.3 Å². The van der Waals surface area contributed by atoms with E-state index < -0.39 is 5.97 Å². The molecule has 102 valence electrons. The van der Waals surface area contributed by atoms with E-state index in [2.05, 4.69) is 26.2 Å². The number of pyridine rings is 1. The molecule has 0 unspecified atom stereocenters. The highest BCUT2D eigenvalue weighted by Crippen LogP contribution is 2.16. The van der Waals surface area contributed by atoms with Gasteiger partial charge in [-0.25, -0.2) is 9.78 Å². The monoisotopic (exact) mass is 334 g/mol. The smallest absolute Gasteiger partial charge is 0.336 e. The van der Waals surface area contributed by atoms with E-state index >= 15 is 0 Å². The minimum atomic E-state index is -1.02. The van der Waals surface area contributed by atoms with Crippen LogP contribution in [-0.2, 0) is 0 Å². The predicted molar refractivity (Wildman–Crippen MR) is 78.0 cm³/mol. The van der Waals surface area contributed by atoms with Gasteiger partial charge < -0.3 is 10.4 Å². The molecule has 0 saturated heterocycles. The van der Waals surface area contributed by atoms with Crippen molar-refractivity contribution in [3.8, 4) is 0 Å². The van der Waals surface area contributed by atoms with Crippen molar-refractivity contribution >= 4 is 33.5 Å². The van der Waals surface area contributed by atoms with Gasteiger partial charge in [-0.1, -0.05) is 6.07 Å². The Morgan fingerprint density at radius 2 is 2.00 bits per heavy atom. The maximum Gasteiger partial charge on any atom is 0.336 e. The van der Waals surface area contributed by atoms with Gasteiger partial charge in [-0.15, -0.1) is 0 Å². The van der Waals surface area contributed by atoms with Crippen LogP contribution in [0.15, 0.2) is 41.1 Å². The van der Waals surface area contributed by atoms with E-state index in [1.807, 2.05) is 0 Å². The first-order chi connectivity index (χ1) is 9.47. The van der Waals surface area contributed by atoms with Crippen LogP contribution in [0.2, 0.25) is 0 Å². The average molecular weight is 335 g/mol. The highest BCUT2D eigenvalue weighted by molar-refractivity contribution is 9.10. The second kappa shape index (κ2) is 5.83. The van der Waals surface area contributed by atoms with E-state index in [0.29, 0.717) is 21.4 Å². The molecule has 0 atom stereocenters. The molecule has 2 N–H and O–H groups in total. The van der Waals surface area contributed by atoms with Gasteiger partial charge in [-0.3, -0.25) is 4.79 Å². The van der Waals surface area contributed by atoms with Crippen molar-refractivity contribution in [2.24, 2.45) is 0 Å². The summed E-state index contributed by atoms with van der Waals surface area (Å²) in [7, 11) is 0. The zero-order valence-electron chi connectivity index (χ0n) is 10.6. The number of aryl methyl sites for hydroxylation is 1. The van der Waals surface area contributed by atoms with E-state index in [4.69, 9.17) is 5.11 Å². The standard InChI is InChI=1S/C14H11BrN2O3/c1-8-2-4-10(6-11(8)14(19)20)17-13(18)9-3-5-12(15)16-7-9/h2-7H,1H3,(H,17,18)(H,19,20). The fraction of sp³-hybridized carbons (Fsp3) is 0.0714. The van der Waals surface area contributed by atoms with Gasteiger partial charge in [0.15, 0.2) is 0 Å². The lowest BCUT2D eigenvalue weighted by Gasteiger charge is -2.07. The summed E-state index contributed by atoms with van der Waals surface area (Å²) in [5.41, 5.74) is 1.63. The van der Waals surface area contributed by atoms with Crippen molar-refractivity contribution in [2.45, 2.75) is 6.92 Å². The Morgan fingerprint density at radius 1 is 1.25 bits per heavy atom. The highest BCUT2D eigenvalue weighted by atomic mass is 79.9. The number of aromatic carboxylic acids is 1. The highest BCUT2D eigenvalue weighted by Gasteiger charge is 2.11. The molecule has 1 amide bonds. The zero-order chi connectivity index (χ0) is 14.7. The van der Waals surface area contributed by atoms with Crippen molar-refractivity contribution < 1.29 is 14.7 Å². The molecule has 0 bridgehead atoms. The summed E-state index contributed by atoms with van der Waals surface area (Å²) in [6, 6.07) is 8.03. The first-order valence-electron chi connectivity index (χ1n) is 5.74. The summed E-state index contributed by atoms with van der Waals surface area (Å²) < 4.78 is 0.637. The molecule has 6 heteroatoms. The van der Waals surface area contributed by atoms with Crippen LogP contribution < -0.4 is 5.32 Å². The summed E-state index contributed by atoms with van der Waals surface area (Å²) in [4.78, 5) is 27.0. The minimum Gasteiger partial charge on any atom is -0.478 e. The Kier molecular flexibility index (Phi) is 4.14. The van der Waals surface area contributed by atoms with E-state index in [9.17, 15) is 9.59 Å². The number of hydrogen-bond donors (Lipinski definition) is 2. The van der Waals surface area contributed by atoms with Gasteiger partial charge >= 0.3 is 5.97 Å². The molecular formula is C14H11BrN2O3. The van der Waals surface area contributed by atoms with Crippen molar-refractivity contribution in [3.63, 3.8) is 0 Å². The van der Waals surface area contributed by atoms with Crippen LogP contribution in [0, 0.1) is 6.92 Å². The Balaban J connectivity index is 2.21. The molecule has 0 aliphatic carbocycles. The maximum absolute atomic E-state index is 12.0. The molecule has 20 heavy (non-hydrogen) atoms. The van der Waals surface area contributed by atoms with Gasteiger partial charge in [0.05, 0.1) is 11.1 Å². The molecule has 1 heterocycles. The fourth-order valence-corrected chi connectivity index (χ4v) is 1.88. The fourth-order valence-electron chi connectivity index (χ4n) is 1.64. The molecule has 2 aromatic rings. The van der Waals surface area contributed by atoms with Crippen LogP contribution in [-0.4, -0.2) is 22.0 Å². The topological polar surface area (TPSA) is 79.3 Å². The molecular weight excluding hydrogens is 324 g/mol. The zero-order valence-corrected chi connectivity index (χ0v) is 12.1. The Bertz CT molecular complexity index is 669. The summed E-state index contributed by atoms with van der Waals surface area (Å²) >= 11 is 3.19. The number of hydrogen-bond acceptors (Lipinski definition) is 3. The number of carbonyl (C=O) groups excluding carboxylic acids is 1. The van der Waals surface area contributed by atoms with E-state index in [1.54, 1.807) is 31.2 Å². The SMILES string of the molecule is Cc1ccc(NC(=O)c2ccc(Br)nc2)cc1C(=O)O. The lowest BCUT2D eigenvalue weighted by molar-refractivity contribution is 0.0695. The number of amides is 1. The van der Waals surface area contributed by atoms with Crippen LogP contribution in [0.25, 0.3) is 0 Å². The van der Waals surface area contributed by atoms with Crippen LogP contribution in [0.4, 0.5) is 5.69 Å². The number of nitrogens with one attached hydrogen (secondary N) is 1. The largest absolute Gasteiger partial charge is 0.478 e. The molecule has 0 saturated carbocycles. The van der Waals surface area contributed by atoms with Crippen molar-refractivity contribution in [2.75, 3.05) is 5.32 Å². The van der Waals surface area contributed by atoms with Crippen molar-refractivity contribution in [1.82, 2.24) is 4.98 Å². The summed E-state index contributed by atoms with van der Waals surface area (Å²) in [5, 5.41) is 11.7. The molecule has 0 aliphatic rings. The summed E-state index contributed by atoms with van der Waals surface area (Å²) in [6.07, 6.45) is 1.44.